The third-order valence-electron chi connectivity index (χ3n) is 3.30. The van der Waals surface area contributed by atoms with E-state index in [0.29, 0.717) is 6.54 Å². The summed E-state index contributed by atoms with van der Waals surface area (Å²) >= 11 is 3.54. The fraction of sp³-hybridized carbons (Fsp3) is 0.462. The Bertz CT molecular complexity index is 433. The van der Waals surface area contributed by atoms with Crippen molar-refractivity contribution in [3.8, 4) is 0 Å². The molecule has 1 saturated heterocycles. The van der Waals surface area contributed by atoms with E-state index in [1.165, 1.54) is 11.1 Å². The van der Waals surface area contributed by atoms with Crippen LogP contribution in [0, 0.1) is 6.92 Å². The number of hydrogen-bond acceptors (Lipinski definition) is 2. The van der Waals surface area contributed by atoms with Gasteiger partial charge in [0.25, 0.3) is 0 Å². The van der Waals surface area contributed by atoms with E-state index in [1.807, 2.05) is 11.9 Å². The van der Waals surface area contributed by atoms with Crippen LogP contribution >= 0.6 is 15.9 Å². The van der Waals surface area contributed by atoms with Crippen molar-refractivity contribution in [1.82, 2.24) is 10.2 Å². The van der Waals surface area contributed by atoms with Crippen LogP contribution in [0.15, 0.2) is 22.7 Å². The molecule has 92 valence electrons. The van der Waals surface area contributed by atoms with E-state index >= 15 is 0 Å². The van der Waals surface area contributed by atoms with Crippen LogP contribution < -0.4 is 5.32 Å². The molecule has 0 aliphatic carbocycles. The Kier molecular flexibility index (Phi) is 3.84. The smallest absolute Gasteiger partial charge is 0.236 e. The van der Waals surface area contributed by atoms with Crippen molar-refractivity contribution < 1.29 is 4.79 Å². The minimum absolute atomic E-state index is 0.174. The van der Waals surface area contributed by atoms with Gasteiger partial charge in [-0.05, 0) is 30.5 Å². The molecule has 1 aliphatic rings. The van der Waals surface area contributed by atoms with Gasteiger partial charge in [0.1, 0.15) is 0 Å². The molecule has 0 aromatic heterocycles. The van der Waals surface area contributed by atoms with Gasteiger partial charge < -0.3 is 10.2 Å². The molecule has 1 heterocycles. The van der Waals surface area contributed by atoms with Gasteiger partial charge in [0.15, 0.2) is 0 Å². The van der Waals surface area contributed by atoms with Gasteiger partial charge in [-0.15, -0.1) is 0 Å². The summed E-state index contributed by atoms with van der Waals surface area (Å²) < 4.78 is 1.13. The van der Waals surface area contributed by atoms with Crippen molar-refractivity contribution in [2.24, 2.45) is 0 Å². The monoisotopic (exact) mass is 296 g/mol. The number of hydrogen-bond donors (Lipinski definition) is 1. The number of nitrogens with one attached hydrogen (secondary N) is 1. The van der Waals surface area contributed by atoms with Crippen LogP contribution in [0.3, 0.4) is 0 Å². The molecule has 0 radical (unpaired) electrons. The lowest BCUT2D eigenvalue weighted by Gasteiger charge is -2.33. The summed E-state index contributed by atoms with van der Waals surface area (Å²) in [7, 11) is 1.89. The summed E-state index contributed by atoms with van der Waals surface area (Å²) in [6, 6.07) is 6.64. The maximum Gasteiger partial charge on any atom is 0.236 e. The van der Waals surface area contributed by atoms with Crippen LogP contribution in [-0.2, 0) is 11.2 Å². The first-order valence-electron chi connectivity index (χ1n) is 5.79. The lowest BCUT2D eigenvalue weighted by molar-refractivity contribution is -0.133. The molecule has 1 aliphatic heterocycles. The SMILES string of the molecule is Cc1ccc(CC2CNCC(=O)N2C)cc1Br. The molecule has 1 amide bonds. The van der Waals surface area contributed by atoms with Crippen LogP contribution in [0.5, 0.6) is 0 Å². The van der Waals surface area contributed by atoms with Crippen LogP contribution in [0.2, 0.25) is 0 Å². The molecule has 2 rings (SSSR count). The summed E-state index contributed by atoms with van der Waals surface area (Å²) in [4.78, 5) is 13.4. The molecule has 1 unspecified atom stereocenters. The van der Waals surface area contributed by atoms with Gasteiger partial charge in [-0.2, -0.15) is 0 Å². The molecular weight excluding hydrogens is 280 g/mol. The summed E-state index contributed by atoms with van der Waals surface area (Å²) in [6.07, 6.45) is 0.897. The Morgan fingerprint density at radius 2 is 2.29 bits per heavy atom. The largest absolute Gasteiger partial charge is 0.340 e. The highest BCUT2D eigenvalue weighted by atomic mass is 79.9. The average molecular weight is 297 g/mol. The van der Waals surface area contributed by atoms with Gasteiger partial charge in [-0.25, -0.2) is 0 Å². The standard InChI is InChI=1S/C13H17BrN2O/c1-9-3-4-10(6-12(9)14)5-11-7-15-8-13(17)16(11)2/h3-4,6,11,15H,5,7-8H2,1-2H3. The van der Waals surface area contributed by atoms with Gasteiger partial charge >= 0.3 is 0 Å². The van der Waals surface area contributed by atoms with Crippen LogP contribution in [0.1, 0.15) is 11.1 Å². The van der Waals surface area contributed by atoms with E-state index < -0.39 is 0 Å². The lowest BCUT2D eigenvalue weighted by Crippen LogP contribution is -2.53. The van der Waals surface area contributed by atoms with Crippen molar-refractivity contribution in [1.29, 1.82) is 0 Å². The molecule has 1 fully saturated rings. The number of benzene rings is 1. The predicted molar refractivity (Wildman–Crippen MR) is 72.0 cm³/mol. The highest BCUT2D eigenvalue weighted by Gasteiger charge is 2.24. The van der Waals surface area contributed by atoms with Gasteiger partial charge in [0.2, 0.25) is 5.91 Å². The second kappa shape index (κ2) is 5.19. The van der Waals surface area contributed by atoms with Crippen molar-refractivity contribution >= 4 is 21.8 Å². The second-order valence-corrected chi connectivity index (χ2v) is 5.43. The number of halogens is 1. The molecule has 0 spiro atoms. The molecule has 4 heteroatoms. The van der Waals surface area contributed by atoms with Crippen molar-refractivity contribution in [2.75, 3.05) is 20.1 Å². The highest BCUT2D eigenvalue weighted by molar-refractivity contribution is 9.10. The van der Waals surface area contributed by atoms with Gasteiger partial charge in [-0.1, -0.05) is 28.1 Å². The molecule has 1 atom stereocenters. The number of rotatable bonds is 2. The van der Waals surface area contributed by atoms with E-state index in [-0.39, 0.29) is 11.9 Å². The summed E-state index contributed by atoms with van der Waals surface area (Å²) in [5, 5.41) is 3.16. The maximum absolute atomic E-state index is 11.6. The summed E-state index contributed by atoms with van der Waals surface area (Å²) in [5.41, 5.74) is 2.50. The van der Waals surface area contributed by atoms with Crippen LogP contribution in [0.25, 0.3) is 0 Å². The number of piperazine rings is 1. The summed E-state index contributed by atoms with van der Waals surface area (Å²) in [5.74, 6) is 0.174. The molecule has 17 heavy (non-hydrogen) atoms. The molecule has 1 N–H and O–H groups in total. The molecule has 1 aromatic rings. The number of nitrogens with zero attached hydrogens (tertiary/aromatic N) is 1. The molecule has 0 bridgehead atoms. The third kappa shape index (κ3) is 2.87. The normalized spacial score (nSPS) is 20.8. The number of amides is 1. The topological polar surface area (TPSA) is 32.3 Å². The summed E-state index contributed by atoms with van der Waals surface area (Å²) in [6.45, 7) is 3.41. The van der Waals surface area contributed by atoms with Gasteiger partial charge in [0.05, 0.1) is 6.54 Å². The zero-order chi connectivity index (χ0) is 12.4. The molecule has 3 nitrogen and oxygen atoms in total. The highest BCUT2D eigenvalue weighted by Crippen LogP contribution is 2.19. The number of aryl methyl sites for hydroxylation is 1. The van der Waals surface area contributed by atoms with Crippen LogP contribution in [-0.4, -0.2) is 37.0 Å². The average Bonchev–Trinajstić information content (AvgIpc) is 2.30. The van der Waals surface area contributed by atoms with Crippen LogP contribution in [0.4, 0.5) is 0 Å². The zero-order valence-electron chi connectivity index (χ0n) is 10.2. The molecule has 1 aromatic carbocycles. The first-order valence-corrected chi connectivity index (χ1v) is 6.58. The Morgan fingerprint density at radius 1 is 1.53 bits per heavy atom. The molecule has 0 saturated carbocycles. The first-order chi connectivity index (χ1) is 8.08. The fourth-order valence-corrected chi connectivity index (χ4v) is 2.48. The van der Waals surface area contributed by atoms with E-state index in [2.05, 4.69) is 46.4 Å². The third-order valence-corrected chi connectivity index (χ3v) is 4.16. The van der Waals surface area contributed by atoms with E-state index in [1.54, 1.807) is 0 Å². The van der Waals surface area contributed by atoms with Crippen molar-refractivity contribution in [2.45, 2.75) is 19.4 Å². The number of carbonyl (C=O) groups excluding carboxylic acids is 1. The first kappa shape index (κ1) is 12.6. The van der Waals surface area contributed by atoms with Crippen molar-refractivity contribution in [3.63, 3.8) is 0 Å². The number of carbonyl (C=O) groups is 1. The predicted octanol–water partition coefficient (Wildman–Crippen LogP) is 1.73. The molecular formula is C13H17BrN2O. The second-order valence-electron chi connectivity index (χ2n) is 4.58. The maximum atomic E-state index is 11.6. The minimum Gasteiger partial charge on any atom is -0.340 e. The fourth-order valence-electron chi connectivity index (χ4n) is 2.06. The number of likely N-dealkylation sites (N-methyl/N-ethyl adjacent to an activating group) is 1. The Hall–Kier alpha value is -0.870. The van der Waals surface area contributed by atoms with E-state index in [9.17, 15) is 4.79 Å². The van der Waals surface area contributed by atoms with Crippen molar-refractivity contribution in [3.05, 3.63) is 33.8 Å². The Balaban J connectivity index is 2.09. The van der Waals surface area contributed by atoms with E-state index in [4.69, 9.17) is 0 Å². The Labute approximate surface area is 110 Å². The lowest BCUT2D eigenvalue weighted by atomic mass is 10.0. The Morgan fingerprint density at radius 3 is 3.00 bits per heavy atom. The quantitative estimate of drug-likeness (QED) is 0.901. The van der Waals surface area contributed by atoms with E-state index in [0.717, 1.165) is 17.4 Å². The minimum atomic E-state index is 0.174. The zero-order valence-corrected chi connectivity index (χ0v) is 11.8. The van der Waals surface area contributed by atoms with Gasteiger partial charge in [-0.3, -0.25) is 4.79 Å². The van der Waals surface area contributed by atoms with Gasteiger partial charge in [0, 0.05) is 24.1 Å².